The largest absolute Gasteiger partial charge is 0.396 e. The highest BCUT2D eigenvalue weighted by Crippen LogP contribution is 2.59. The van der Waals surface area contributed by atoms with Gasteiger partial charge in [0.05, 0.1) is 35.0 Å². The number of hydrogen-bond acceptors (Lipinski definition) is 7. The van der Waals surface area contributed by atoms with Gasteiger partial charge < -0.3 is 10.7 Å². The van der Waals surface area contributed by atoms with E-state index in [-0.39, 0.29) is 28.6 Å². The van der Waals surface area contributed by atoms with Crippen LogP contribution < -0.4 is 11.3 Å². The topological polar surface area (TPSA) is 133 Å². The molecule has 0 radical (unpaired) electrons. The Labute approximate surface area is 211 Å². The van der Waals surface area contributed by atoms with Gasteiger partial charge in [0.15, 0.2) is 11.6 Å². The zero-order valence-corrected chi connectivity index (χ0v) is 19.6. The average Bonchev–Trinajstić information content (AvgIpc) is 3.23. The molecule has 1 aliphatic heterocycles. The number of hydrogen-bond donors (Lipinski definition) is 2. The number of benzene rings is 2. The molecule has 13 heteroatoms. The Kier molecular flexibility index (Phi) is 4.58. The number of H-pyrrole nitrogens is 1. The normalized spacial score (nSPS) is 19.6. The molecule has 3 atom stereocenters. The number of imidazole rings is 1. The summed E-state index contributed by atoms with van der Waals surface area (Å²) in [6, 6.07) is 8.91. The van der Waals surface area contributed by atoms with E-state index in [0.29, 0.717) is 39.3 Å². The SMILES string of the molecule is Nc1ccc(-c2cnc(C3C4CC4c4nc(-c5cc(Cl)ccc5-n5cnnn5)cc(=O)n43)[nH]2)c(F)c1F. The Morgan fingerprint density at radius 2 is 1.97 bits per heavy atom. The van der Waals surface area contributed by atoms with Crippen LogP contribution in [0, 0.1) is 17.6 Å². The zero-order chi connectivity index (χ0) is 25.4. The maximum absolute atomic E-state index is 14.5. The van der Waals surface area contributed by atoms with Crippen molar-refractivity contribution >= 4 is 17.3 Å². The predicted octanol–water partition coefficient (Wildman–Crippen LogP) is 3.50. The molecule has 184 valence electrons. The predicted molar refractivity (Wildman–Crippen MR) is 129 cm³/mol. The first-order valence-corrected chi connectivity index (χ1v) is 11.7. The summed E-state index contributed by atoms with van der Waals surface area (Å²) in [6.07, 6.45) is 3.71. The second kappa shape index (κ2) is 7.77. The third kappa shape index (κ3) is 3.29. The number of nitrogens with two attached hydrogens (primary N) is 1. The van der Waals surface area contributed by atoms with Gasteiger partial charge in [-0.25, -0.2) is 18.7 Å². The van der Waals surface area contributed by atoms with Crippen LogP contribution in [0.5, 0.6) is 0 Å². The number of nitrogens with zero attached hydrogens (tertiary/aromatic N) is 7. The zero-order valence-electron chi connectivity index (χ0n) is 18.8. The Morgan fingerprint density at radius 1 is 1.11 bits per heavy atom. The maximum atomic E-state index is 14.5. The van der Waals surface area contributed by atoms with Crippen LogP contribution in [-0.2, 0) is 0 Å². The lowest BCUT2D eigenvalue weighted by atomic mass is 10.1. The molecular weight excluding hydrogens is 504 g/mol. The fourth-order valence-corrected chi connectivity index (χ4v) is 5.32. The second-order valence-electron chi connectivity index (χ2n) is 9.09. The van der Waals surface area contributed by atoms with Crippen LogP contribution in [0.25, 0.3) is 28.2 Å². The van der Waals surface area contributed by atoms with E-state index in [1.54, 1.807) is 22.8 Å². The van der Waals surface area contributed by atoms with Crippen LogP contribution in [0.4, 0.5) is 14.5 Å². The molecule has 3 N–H and O–H groups in total. The van der Waals surface area contributed by atoms with Gasteiger partial charge in [-0.1, -0.05) is 11.6 Å². The van der Waals surface area contributed by atoms with E-state index < -0.39 is 17.7 Å². The van der Waals surface area contributed by atoms with E-state index in [2.05, 4.69) is 25.5 Å². The molecule has 1 aliphatic carbocycles. The minimum absolute atomic E-state index is 0.00734. The quantitative estimate of drug-likeness (QED) is 0.347. The number of aromatic amines is 1. The standard InChI is InChI=1S/C24H16ClF2N9O/c25-10-1-4-18(35-9-30-33-34-35)14(5-10)16-7-19(37)36-22(12-6-13(12)24(36)32-16)23-29-8-17(31-23)11-2-3-15(28)21(27)20(11)26/h1-5,7-9,12-13,22H,6,28H2,(H,29,31). The number of anilines is 1. The number of tetrazole rings is 1. The minimum Gasteiger partial charge on any atom is -0.396 e. The number of nitrogen functional groups attached to an aromatic ring is 1. The summed E-state index contributed by atoms with van der Waals surface area (Å²) in [5.74, 6) is -0.866. The molecule has 3 aromatic heterocycles. The molecule has 1 saturated carbocycles. The molecule has 4 heterocycles. The van der Waals surface area contributed by atoms with E-state index in [9.17, 15) is 13.6 Å². The van der Waals surface area contributed by atoms with Crippen molar-refractivity contribution in [1.29, 1.82) is 0 Å². The van der Waals surface area contributed by atoms with Crippen molar-refractivity contribution in [3.63, 3.8) is 0 Å². The van der Waals surface area contributed by atoms with Gasteiger partial charge in [0.1, 0.15) is 18.0 Å². The first-order valence-electron chi connectivity index (χ1n) is 11.4. The summed E-state index contributed by atoms with van der Waals surface area (Å²) in [7, 11) is 0. The Balaban J connectivity index is 1.31. The number of aromatic nitrogens is 8. The summed E-state index contributed by atoms with van der Waals surface area (Å²) in [4.78, 5) is 25.8. The molecule has 3 unspecified atom stereocenters. The first kappa shape index (κ1) is 21.8. The van der Waals surface area contributed by atoms with Crippen molar-refractivity contribution in [3.8, 4) is 28.2 Å². The third-order valence-corrected chi connectivity index (χ3v) is 7.18. The van der Waals surface area contributed by atoms with Gasteiger partial charge in [-0.05, 0) is 53.1 Å². The van der Waals surface area contributed by atoms with Gasteiger partial charge in [-0.2, -0.15) is 4.68 Å². The Bertz CT molecular complexity index is 1760. The number of rotatable bonds is 4. The van der Waals surface area contributed by atoms with Crippen LogP contribution >= 0.6 is 11.6 Å². The second-order valence-corrected chi connectivity index (χ2v) is 9.52. The van der Waals surface area contributed by atoms with Gasteiger partial charge in [0.25, 0.3) is 5.56 Å². The van der Waals surface area contributed by atoms with Crippen molar-refractivity contribution in [1.82, 2.24) is 39.7 Å². The molecular formula is C24H16ClF2N9O. The lowest BCUT2D eigenvalue weighted by Crippen LogP contribution is -2.27. The molecule has 5 aromatic rings. The van der Waals surface area contributed by atoms with Crippen LogP contribution in [0.1, 0.15) is 30.0 Å². The number of fused-ring (bicyclic) bond motifs is 3. The van der Waals surface area contributed by atoms with Crippen LogP contribution in [0.15, 0.2) is 53.7 Å². The van der Waals surface area contributed by atoms with E-state index in [4.69, 9.17) is 22.3 Å². The van der Waals surface area contributed by atoms with E-state index >= 15 is 0 Å². The third-order valence-electron chi connectivity index (χ3n) is 6.94. The van der Waals surface area contributed by atoms with Crippen molar-refractivity contribution in [3.05, 3.63) is 87.6 Å². The molecule has 7 rings (SSSR count). The summed E-state index contributed by atoms with van der Waals surface area (Å²) in [5.41, 5.74) is 6.92. The number of nitrogens with one attached hydrogen (secondary N) is 1. The average molecular weight is 520 g/mol. The van der Waals surface area contributed by atoms with Crippen molar-refractivity contribution < 1.29 is 8.78 Å². The van der Waals surface area contributed by atoms with Crippen molar-refractivity contribution in [2.24, 2.45) is 5.92 Å². The van der Waals surface area contributed by atoms with Crippen molar-refractivity contribution in [2.75, 3.05) is 5.73 Å². The van der Waals surface area contributed by atoms with E-state index in [0.717, 1.165) is 6.42 Å². The van der Waals surface area contributed by atoms with Crippen molar-refractivity contribution in [2.45, 2.75) is 18.4 Å². The highest BCUT2D eigenvalue weighted by Gasteiger charge is 2.55. The maximum Gasteiger partial charge on any atom is 0.254 e. The Hall–Kier alpha value is -4.45. The molecule has 0 saturated heterocycles. The van der Waals surface area contributed by atoms with Crippen LogP contribution in [0.2, 0.25) is 5.02 Å². The first-order chi connectivity index (χ1) is 17.9. The highest BCUT2D eigenvalue weighted by molar-refractivity contribution is 6.31. The van der Waals surface area contributed by atoms with Crippen LogP contribution in [-0.4, -0.2) is 39.7 Å². The summed E-state index contributed by atoms with van der Waals surface area (Å²) >= 11 is 6.27. The highest BCUT2D eigenvalue weighted by atomic mass is 35.5. The molecule has 0 spiro atoms. The lowest BCUT2D eigenvalue weighted by molar-refractivity contribution is 0.508. The smallest absolute Gasteiger partial charge is 0.254 e. The summed E-state index contributed by atoms with van der Waals surface area (Å²) < 4.78 is 31.6. The Morgan fingerprint density at radius 3 is 2.78 bits per heavy atom. The monoisotopic (exact) mass is 519 g/mol. The molecule has 1 fully saturated rings. The molecule has 0 amide bonds. The molecule has 2 aromatic carbocycles. The molecule has 2 aliphatic rings. The van der Waals surface area contributed by atoms with E-state index in [1.807, 2.05) is 0 Å². The van der Waals surface area contributed by atoms with Gasteiger partial charge in [-0.15, -0.1) is 5.10 Å². The summed E-state index contributed by atoms with van der Waals surface area (Å²) in [5, 5.41) is 11.8. The number of halogens is 3. The minimum atomic E-state index is -1.11. The lowest BCUT2D eigenvalue weighted by Gasteiger charge is -2.17. The molecule has 0 bridgehead atoms. The molecule has 37 heavy (non-hydrogen) atoms. The van der Waals surface area contributed by atoms with Gasteiger partial charge in [0, 0.05) is 28.1 Å². The van der Waals surface area contributed by atoms with Gasteiger partial charge >= 0.3 is 0 Å². The molecule has 10 nitrogen and oxygen atoms in total. The van der Waals surface area contributed by atoms with E-state index in [1.165, 1.54) is 35.4 Å². The fraction of sp³-hybridized carbons (Fsp3) is 0.167. The van der Waals surface area contributed by atoms with Gasteiger partial charge in [-0.3, -0.25) is 9.36 Å². The van der Waals surface area contributed by atoms with Gasteiger partial charge in [0.2, 0.25) is 0 Å². The van der Waals surface area contributed by atoms with Crippen LogP contribution in [0.3, 0.4) is 0 Å². The summed E-state index contributed by atoms with van der Waals surface area (Å²) in [6.45, 7) is 0. The fourth-order valence-electron chi connectivity index (χ4n) is 5.15.